The van der Waals surface area contributed by atoms with Crippen LogP contribution in [0.4, 0.5) is 18.9 Å². The highest BCUT2D eigenvalue weighted by molar-refractivity contribution is 7.19. The largest absolute Gasteiger partial charge is 0.406 e. The van der Waals surface area contributed by atoms with Gasteiger partial charge < -0.3 is 9.80 Å². The van der Waals surface area contributed by atoms with Crippen LogP contribution in [0, 0.1) is 11.3 Å². The lowest BCUT2D eigenvalue weighted by molar-refractivity contribution is -0.141. The number of nitrogens with zero attached hydrogens (tertiary/aromatic N) is 6. The Morgan fingerprint density at radius 2 is 1.98 bits per heavy atom. The van der Waals surface area contributed by atoms with Gasteiger partial charge in [-0.15, -0.1) is 11.3 Å². The third-order valence-corrected chi connectivity index (χ3v) is 9.28. The van der Waals surface area contributed by atoms with Gasteiger partial charge in [-0.05, 0) is 55.6 Å². The van der Waals surface area contributed by atoms with Crippen LogP contribution in [0.2, 0.25) is 0 Å². The Hall–Kier alpha value is -3.95. The normalized spacial score (nSPS) is 17.5. The number of rotatable bonds is 6. The molecule has 42 heavy (non-hydrogen) atoms. The van der Waals surface area contributed by atoms with E-state index in [4.69, 9.17) is 0 Å². The first-order valence-electron chi connectivity index (χ1n) is 14.0. The highest BCUT2D eigenvalue weighted by Gasteiger charge is 2.33. The van der Waals surface area contributed by atoms with Gasteiger partial charge in [-0.1, -0.05) is 6.92 Å². The van der Waals surface area contributed by atoms with E-state index in [1.54, 1.807) is 12.3 Å². The Morgan fingerprint density at radius 3 is 2.71 bits per heavy atom. The third-order valence-electron chi connectivity index (χ3n) is 8.14. The number of benzene rings is 1. The number of fused-ring (bicyclic) bond motifs is 2. The van der Waals surface area contributed by atoms with Gasteiger partial charge in [-0.3, -0.25) is 18.9 Å². The lowest BCUT2D eigenvalue weighted by atomic mass is 9.90. The van der Waals surface area contributed by atoms with Crippen molar-refractivity contribution in [2.75, 3.05) is 31.1 Å². The van der Waals surface area contributed by atoms with E-state index < -0.39 is 24.0 Å². The van der Waals surface area contributed by atoms with Gasteiger partial charge in [0.2, 0.25) is 0 Å². The predicted molar refractivity (Wildman–Crippen MR) is 156 cm³/mol. The number of hydrogen-bond acceptors (Lipinski definition) is 7. The third kappa shape index (κ3) is 5.34. The van der Waals surface area contributed by atoms with E-state index in [-0.39, 0.29) is 6.54 Å². The first kappa shape index (κ1) is 28.2. The molecule has 1 fully saturated rings. The number of nitriles is 1. The average Bonchev–Trinajstić information content (AvgIpc) is 3.62. The van der Waals surface area contributed by atoms with Crippen molar-refractivity contribution in [3.05, 3.63) is 79.6 Å². The molecule has 0 spiro atoms. The quantitative estimate of drug-likeness (QED) is 0.324. The topological polar surface area (TPSA) is 87.2 Å². The summed E-state index contributed by atoms with van der Waals surface area (Å²) in [6, 6.07) is 11.3. The van der Waals surface area contributed by atoms with E-state index in [1.165, 1.54) is 11.3 Å². The molecule has 0 bridgehead atoms. The van der Waals surface area contributed by atoms with Crippen LogP contribution in [0.3, 0.4) is 0 Å². The maximum Gasteiger partial charge on any atom is 0.406 e. The highest BCUT2D eigenvalue weighted by atomic mass is 32.1. The van der Waals surface area contributed by atoms with Crippen LogP contribution in [0.15, 0.2) is 52.3 Å². The van der Waals surface area contributed by atoms with E-state index in [9.17, 15) is 28.0 Å². The lowest BCUT2D eigenvalue weighted by Gasteiger charge is -2.38. The number of thiophene rings is 1. The molecule has 1 unspecified atom stereocenters. The maximum absolute atomic E-state index is 13.0. The molecule has 1 aromatic carbocycles. The first-order chi connectivity index (χ1) is 20.1. The monoisotopic (exact) mass is 594 g/mol. The van der Waals surface area contributed by atoms with E-state index in [2.05, 4.69) is 27.8 Å². The van der Waals surface area contributed by atoms with Crippen molar-refractivity contribution in [3.63, 3.8) is 0 Å². The van der Waals surface area contributed by atoms with Gasteiger partial charge in [0.1, 0.15) is 6.54 Å². The summed E-state index contributed by atoms with van der Waals surface area (Å²) in [4.78, 5) is 35.4. The summed E-state index contributed by atoms with van der Waals surface area (Å²) in [6.45, 7) is 4.50. The van der Waals surface area contributed by atoms with Crippen LogP contribution in [-0.4, -0.2) is 57.4 Å². The Labute approximate surface area is 243 Å². The van der Waals surface area contributed by atoms with Crippen LogP contribution < -0.4 is 16.1 Å². The standard InChI is InChI=1S/C30H29F3N6O2S/c1-2-36-10-6-21(16-36)38-9-3-4-20-12-19(15-34)13-24(27(20)38)23-5-8-35-25-14-22(42-28(23)25)17-39-26(40)7-11-37(29(39)41)18-30(31,32)33/h5,7-8,11-14,21H,2-4,6,9-10,16-18H2,1H3. The molecule has 1 atom stereocenters. The molecule has 2 aliphatic rings. The molecule has 2 aliphatic heterocycles. The lowest BCUT2D eigenvalue weighted by Crippen LogP contribution is -2.41. The van der Waals surface area contributed by atoms with Crippen LogP contribution >= 0.6 is 11.3 Å². The highest BCUT2D eigenvalue weighted by Crippen LogP contribution is 2.44. The van der Waals surface area contributed by atoms with Crippen LogP contribution in [-0.2, 0) is 19.5 Å². The maximum atomic E-state index is 13.0. The smallest absolute Gasteiger partial charge is 0.366 e. The summed E-state index contributed by atoms with van der Waals surface area (Å²) in [5, 5.41) is 9.87. The summed E-state index contributed by atoms with van der Waals surface area (Å²) in [7, 11) is 0. The Bertz CT molecular complexity index is 1820. The minimum Gasteiger partial charge on any atom is -0.366 e. The van der Waals surface area contributed by atoms with Gasteiger partial charge in [-0.2, -0.15) is 18.4 Å². The second-order valence-electron chi connectivity index (χ2n) is 10.8. The molecule has 0 N–H and O–H groups in total. The Morgan fingerprint density at radius 1 is 1.14 bits per heavy atom. The number of alkyl halides is 3. The first-order valence-corrected chi connectivity index (χ1v) is 14.8. The van der Waals surface area contributed by atoms with E-state index in [0.29, 0.717) is 26.6 Å². The molecule has 4 aromatic rings. The van der Waals surface area contributed by atoms with Crippen molar-refractivity contribution in [3.8, 4) is 17.2 Å². The molecule has 1 saturated heterocycles. The fraction of sp³-hybridized carbons (Fsp3) is 0.400. The molecule has 5 heterocycles. The molecule has 6 rings (SSSR count). The van der Waals surface area contributed by atoms with E-state index in [1.807, 2.05) is 18.2 Å². The second-order valence-corrected chi connectivity index (χ2v) is 12.0. The number of likely N-dealkylation sites (N-methyl/N-ethyl adjacent to an activating group) is 1. The van der Waals surface area contributed by atoms with Crippen LogP contribution in [0.1, 0.15) is 35.8 Å². The number of hydrogen-bond donors (Lipinski definition) is 0. The zero-order valence-electron chi connectivity index (χ0n) is 23.0. The second kappa shape index (κ2) is 11.0. The van der Waals surface area contributed by atoms with Gasteiger partial charge in [0.25, 0.3) is 5.56 Å². The predicted octanol–water partition coefficient (Wildman–Crippen LogP) is 4.62. The zero-order chi connectivity index (χ0) is 29.6. The number of pyridine rings is 1. The fourth-order valence-electron chi connectivity index (χ4n) is 6.21. The number of anilines is 1. The Balaban J connectivity index is 1.44. The average molecular weight is 595 g/mol. The molecular weight excluding hydrogens is 565 g/mol. The molecular formula is C30H29F3N6O2S. The molecule has 8 nitrogen and oxygen atoms in total. The fourth-order valence-corrected chi connectivity index (χ4v) is 7.34. The van der Waals surface area contributed by atoms with Crippen molar-refractivity contribution in [2.24, 2.45) is 0 Å². The summed E-state index contributed by atoms with van der Waals surface area (Å²) in [5.41, 5.74) is 3.68. The summed E-state index contributed by atoms with van der Waals surface area (Å²) >= 11 is 1.35. The van der Waals surface area contributed by atoms with Gasteiger partial charge in [0.05, 0.1) is 28.4 Å². The number of halogens is 3. The molecule has 218 valence electrons. The zero-order valence-corrected chi connectivity index (χ0v) is 23.8. The van der Waals surface area contributed by atoms with Gasteiger partial charge in [-0.25, -0.2) is 4.79 Å². The van der Waals surface area contributed by atoms with E-state index in [0.717, 1.165) is 89.3 Å². The molecule has 0 amide bonds. The van der Waals surface area contributed by atoms with E-state index >= 15 is 0 Å². The molecule has 12 heteroatoms. The molecule has 0 radical (unpaired) electrons. The van der Waals surface area contributed by atoms with Crippen molar-refractivity contribution in [1.29, 1.82) is 5.26 Å². The van der Waals surface area contributed by atoms with Crippen LogP contribution in [0.5, 0.6) is 0 Å². The van der Waals surface area contributed by atoms with Gasteiger partial charge in [0, 0.05) is 65.8 Å². The van der Waals surface area contributed by atoms with Crippen molar-refractivity contribution < 1.29 is 13.2 Å². The van der Waals surface area contributed by atoms with Gasteiger partial charge >= 0.3 is 11.9 Å². The van der Waals surface area contributed by atoms with Crippen molar-refractivity contribution in [2.45, 2.75) is 51.5 Å². The molecule has 0 aliphatic carbocycles. The number of aromatic nitrogens is 3. The molecule has 3 aromatic heterocycles. The number of likely N-dealkylation sites (tertiary alicyclic amines) is 1. The summed E-state index contributed by atoms with van der Waals surface area (Å²) in [6.07, 6.45) is 0.937. The summed E-state index contributed by atoms with van der Waals surface area (Å²) in [5.74, 6) is 0. The van der Waals surface area contributed by atoms with Crippen LogP contribution in [0.25, 0.3) is 21.3 Å². The van der Waals surface area contributed by atoms with Crippen molar-refractivity contribution in [1.82, 2.24) is 19.0 Å². The van der Waals surface area contributed by atoms with Crippen molar-refractivity contribution >= 4 is 27.2 Å². The number of aryl methyl sites for hydroxylation is 1. The minimum atomic E-state index is -4.60. The van der Waals surface area contributed by atoms with Gasteiger partial charge in [0.15, 0.2) is 0 Å². The molecule has 0 saturated carbocycles. The SMILES string of the molecule is CCN1CCC(N2CCCc3cc(C#N)cc(-c4ccnc5cc(Cn6c(=O)ccn(CC(F)(F)F)c6=O)sc45)c32)C1. The summed E-state index contributed by atoms with van der Waals surface area (Å²) < 4.78 is 41.1. The minimum absolute atomic E-state index is 0.172. The Kier molecular flexibility index (Phi) is 7.41.